The van der Waals surface area contributed by atoms with E-state index in [1.807, 2.05) is 0 Å². The van der Waals surface area contributed by atoms with Crippen molar-refractivity contribution in [2.45, 2.75) is 45.7 Å². The van der Waals surface area contributed by atoms with E-state index in [4.69, 9.17) is 0 Å². The highest BCUT2D eigenvalue weighted by Gasteiger charge is 2.31. The molecule has 0 spiro atoms. The van der Waals surface area contributed by atoms with Crippen molar-refractivity contribution in [3.8, 4) is 5.82 Å². The average molecular weight is 435 g/mol. The summed E-state index contributed by atoms with van der Waals surface area (Å²) in [6.45, 7) is 3.85. The van der Waals surface area contributed by atoms with Crippen LogP contribution < -0.4 is 5.32 Å². The number of nitrogens with zero attached hydrogens (tertiary/aromatic N) is 4. The highest BCUT2D eigenvalue weighted by molar-refractivity contribution is 7.15. The molecular formula is C20H20F3N5OS. The number of hydrogen-bond acceptors (Lipinski definition) is 5. The van der Waals surface area contributed by atoms with Gasteiger partial charge in [0.05, 0.1) is 28.7 Å². The molecule has 0 unspecified atom stereocenters. The molecule has 0 saturated carbocycles. The van der Waals surface area contributed by atoms with E-state index < -0.39 is 11.7 Å². The third-order valence-corrected chi connectivity index (χ3v) is 6.42. The van der Waals surface area contributed by atoms with Crippen LogP contribution in [0, 0.1) is 12.8 Å². The number of carbonyl (C=O) groups is 1. The van der Waals surface area contributed by atoms with Crippen LogP contribution in [0.25, 0.3) is 5.82 Å². The SMILES string of the molecule is CC[C@@H]1CCc2nc(NC(=O)c3cnn(-c4ccc(C(F)(F)F)cn4)c3C)sc2C1. The zero-order chi connectivity index (χ0) is 21.5. The molecule has 6 nitrogen and oxygen atoms in total. The van der Waals surface area contributed by atoms with Crippen molar-refractivity contribution in [1.82, 2.24) is 19.7 Å². The zero-order valence-electron chi connectivity index (χ0n) is 16.5. The monoisotopic (exact) mass is 435 g/mol. The summed E-state index contributed by atoms with van der Waals surface area (Å²) in [5, 5.41) is 7.51. The van der Waals surface area contributed by atoms with E-state index in [0.717, 1.165) is 43.6 Å². The Bertz CT molecular complexity index is 1070. The molecule has 1 aliphatic rings. The van der Waals surface area contributed by atoms with Gasteiger partial charge in [-0.1, -0.05) is 13.3 Å². The van der Waals surface area contributed by atoms with Gasteiger partial charge in [-0.15, -0.1) is 11.3 Å². The molecular weight excluding hydrogens is 415 g/mol. The number of halogens is 3. The van der Waals surface area contributed by atoms with Crippen molar-refractivity contribution < 1.29 is 18.0 Å². The lowest BCUT2D eigenvalue weighted by Crippen LogP contribution is -2.13. The van der Waals surface area contributed by atoms with Gasteiger partial charge < -0.3 is 0 Å². The first-order chi connectivity index (χ1) is 14.3. The smallest absolute Gasteiger partial charge is 0.298 e. The quantitative estimate of drug-likeness (QED) is 0.638. The van der Waals surface area contributed by atoms with Gasteiger partial charge in [0, 0.05) is 11.1 Å². The Hall–Kier alpha value is -2.75. The number of fused-ring (bicyclic) bond motifs is 1. The van der Waals surface area contributed by atoms with Gasteiger partial charge in [0.25, 0.3) is 5.91 Å². The molecule has 0 aromatic carbocycles. The van der Waals surface area contributed by atoms with Crippen molar-refractivity contribution in [1.29, 1.82) is 0 Å². The maximum absolute atomic E-state index is 12.7. The lowest BCUT2D eigenvalue weighted by molar-refractivity contribution is -0.137. The van der Waals surface area contributed by atoms with Gasteiger partial charge >= 0.3 is 6.18 Å². The van der Waals surface area contributed by atoms with Crippen molar-refractivity contribution >= 4 is 22.4 Å². The van der Waals surface area contributed by atoms with E-state index in [0.29, 0.717) is 22.3 Å². The summed E-state index contributed by atoms with van der Waals surface area (Å²) in [7, 11) is 0. The topological polar surface area (TPSA) is 72.7 Å². The standard InChI is InChI=1S/C20H20F3N5OS/c1-3-12-4-6-15-16(8-12)30-19(26-15)27-18(29)14-10-25-28(11(14)2)17-7-5-13(9-24-17)20(21,22)23/h5,7,9-10,12H,3-4,6,8H2,1-2H3,(H,26,27,29)/t12-/m1/s1. The van der Waals surface area contributed by atoms with Crippen LogP contribution in [0.1, 0.15) is 52.0 Å². The largest absolute Gasteiger partial charge is 0.417 e. The van der Waals surface area contributed by atoms with Gasteiger partial charge in [-0.25, -0.2) is 14.6 Å². The van der Waals surface area contributed by atoms with E-state index in [2.05, 4.69) is 27.3 Å². The molecule has 3 heterocycles. The van der Waals surface area contributed by atoms with Crippen molar-refractivity contribution in [2.24, 2.45) is 5.92 Å². The molecule has 3 aromatic rings. The molecule has 10 heteroatoms. The highest BCUT2D eigenvalue weighted by atomic mass is 32.1. The van der Waals surface area contributed by atoms with E-state index in [1.165, 1.54) is 33.2 Å². The van der Waals surface area contributed by atoms with Gasteiger partial charge in [0.2, 0.25) is 0 Å². The van der Waals surface area contributed by atoms with Crippen LogP contribution in [-0.4, -0.2) is 25.7 Å². The van der Waals surface area contributed by atoms with Crippen LogP contribution >= 0.6 is 11.3 Å². The molecule has 3 aromatic heterocycles. The number of carbonyl (C=O) groups excluding carboxylic acids is 1. The summed E-state index contributed by atoms with van der Waals surface area (Å²) < 4.78 is 39.5. The Labute approximate surface area is 175 Å². The number of hydrogen-bond donors (Lipinski definition) is 1. The summed E-state index contributed by atoms with van der Waals surface area (Å²) in [4.78, 5) is 22.3. The molecule has 0 fully saturated rings. The maximum atomic E-state index is 12.7. The number of aryl methyl sites for hydroxylation is 1. The molecule has 158 valence electrons. The lowest BCUT2D eigenvalue weighted by Gasteiger charge is -2.18. The second-order valence-electron chi connectivity index (χ2n) is 7.32. The Morgan fingerprint density at radius 1 is 1.33 bits per heavy atom. The minimum absolute atomic E-state index is 0.204. The van der Waals surface area contributed by atoms with Crippen LogP contribution in [0.5, 0.6) is 0 Å². The molecule has 1 N–H and O–H groups in total. The van der Waals surface area contributed by atoms with Crippen molar-refractivity contribution in [3.63, 3.8) is 0 Å². The fourth-order valence-corrected chi connectivity index (χ4v) is 4.67. The number of pyridine rings is 1. The molecule has 1 amide bonds. The van der Waals surface area contributed by atoms with Crippen molar-refractivity contribution in [3.05, 3.63) is 51.9 Å². The molecule has 0 saturated heterocycles. The number of thiazole rings is 1. The normalized spacial score (nSPS) is 16.4. The van der Waals surface area contributed by atoms with Crippen LogP contribution in [-0.2, 0) is 19.0 Å². The number of alkyl halides is 3. The molecule has 1 atom stereocenters. The Morgan fingerprint density at radius 2 is 2.13 bits per heavy atom. The molecule has 0 radical (unpaired) electrons. The fourth-order valence-electron chi connectivity index (χ4n) is 3.55. The second-order valence-corrected chi connectivity index (χ2v) is 8.40. The number of aromatic nitrogens is 4. The van der Waals surface area contributed by atoms with E-state index in [9.17, 15) is 18.0 Å². The minimum atomic E-state index is -4.46. The van der Waals surface area contributed by atoms with Gasteiger partial charge in [0.1, 0.15) is 0 Å². The molecule has 0 bridgehead atoms. The first-order valence-electron chi connectivity index (χ1n) is 9.64. The fraction of sp³-hybridized carbons (Fsp3) is 0.400. The number of rotatable bonds is 4. The van der Waals surface area contributed by atoms with Crippen LogP contribution in [0.2, 0.25) is 0 Å². The van der Waals surface area contributed by atoms with Crippen LogP contribution in [0.3, 0.4) is 0 Å². The maximum Gasteiger partial charge on any atom is 0.417 e. The Balaban J connectivity index is 1.51. The highest BCUT2D eigenvalue weighted by Crippen LogP contribution is 2.34. The summed E-state index contributed by atoms with van der Waals surface area (Å²) in [5.41, 5.74) is 1.01. The summed E-state index contributed by atoms with van der Waals surface area (Å²) >= 11 is 1.50. The van der Waals surface area contributed by atoms with E-state index >= 15 is 0 Å². The van der Waals surface area contributed by atoms with Gasteiger partial charge in [-0.2, -0.15) is 18.3 Å². The van der Waals surface area contributed by atoms with E-state index in [1.54, 1.807) is 6.92 Å². The first kappa shape index (κ1) is 20.5. The zero-order valence-corrected chi connectivity index (χ0v) is 17.3. The van der Waals surface area contributed by atoms with Crippen LogP contribution in [0.4, 0.5) is 18.3 Å². The summed E-state index contributed by atoms with van der Waals surface area (Å²) in [6.07, 6.45) is 1.85. The van der Waals surface area contributed by atoms with Gasteiger partial charge in [-0.05, 0) is 44.2 Å². The first-order valence-corrected chi connectivity index (χ1v) is 10.5. The third kappa shape index (κ3) is 3.96. The van der Waals surface area contributed by atoms with Gasteiger partial charge in [0.15, 0.2) is 10.9 Å². The van der Waals surface area contributed by atoms with E-state index in [-0.39, 0.29) is 11.7 Å². The molecule has 30 heavy (non-hydrogen) atoms. The number of anilines is 1. The minimum Gasteiger partial charge on any atom is -0.298 e. The number of nitrogens with one attached hydrogen (secondary N) is 1. The lowest BCUT2D eigenvalue weighted by atomic mass is 9.89. The van der Waals surface area contributed by atoms with Crippen LogP contribution in [0.15, 0.2) is 24.5 Å². The average Bonchev–Trinajstić information content (AvgIpc) is 3.29. The van der Waals surface area contributed by atoms with Gasteiger partial charge in [-0.3, -0.25) is 10.1 Å². The second kappa shape index (κ2) is 7.82. The van der Waals surface area contributed by atoms with Crippen molar-refractivity contribution in [2.75, 3.05) is 5.32 Å². The summed E-state index contributed by atoms with van der Waals surface area (Å²) in [6, 6.07) is 2.16. The molecule has 1 aliphatic carbocycles. The predicted molar refractivity (Wildman–Crippen MR) is 107 cm³/mol. The Morgan fingerprint density at radius 3 is 2.80 bits per heavy atom. The Kier molecular flexibility index (Phi) is 5.35. The molecule has 0 aliphatic heterocycles. The molecule has 4 rings (SSSR count). The third-order valence-electron chi connectivity index (χ3n) is 5.39. The summed E-state index contributed by atoms with van der Waals surface area (Å²) in [5.74, 6) is 0.511. The number of amides is 1. The predicted octanol–water partition coefficient (Wildman–Crippen LogP) is 4.82.